The van der Waals surface area contributed by atoms with Crippen molar-refractivity contribution in [2.75, 3.05) is 12.3 Å². The number of hydrogen-bond acceptors (Lipinski definition) is 4. The molecule has 2 rings (SSSR count). The molecule has 106 valence electrons. The van der Waals surface area contributed by atoms with Gasteiger partial charge >= 0.3 is 0 Å². The highest BCUT2D eigenvalue weighted by Gasteiger charge is 2.12. The molecule has 4 N–H and O–H groups in total. The predicted molar refractivity (Wildman–Crippen MR) is 76.6 cm³/mol. The van der Waals surface area contributed by atoms with Gasteiger partial charge in [-0.15, -0.1) is 0 Å². The lowest BCUT2D eigenvalue weighted by Gasteiger charge is -2.10. The maximum atomic E-state index is 11.9. The Bertz CT molecular complexity index is 577. The molecule has 1 heterocycles. The maximum Gasteiger partial charge on any atom is 0.271 e. The first kappa shape index (κ1) is 14.1. The number of aliphatic hydroxyl groups is 1. The Hall–Kier alpha value is -2.34. The van der Waals surface area contributed by atoms with Crippen LogP contribution in [0.1, 0.15) is 23.8 Å². The second-order valence-corrected chi connectivity index (χ2v) is 4.62. The van der Waals surface area contributed by atoms with Crippen molar-refractivity contribution in [2.45, 2.75) is 19.4 Å². The van der Waals surface area contributed by atoms with Gasteiger partial charge in [-0.05, 0) is 43.7 Å². The maximum absolute atomic E-state index is 11.9. The predicted octanol–water partition coefficient (Wildman–Crippen LogP) is 0.955. The summed E-state index contributed by atoms with van der Waals surface area (Å²) in [5.74, 6) is -0.250. The summed E-state index contributed by atoms with van der Waals surface area (Å²) in [5, 5.41) is 15.8. The standard InChI is InChI=1S/C14H18N4O2/c1-10(7-9-19)16-14(20)13-6-8-18(17-13)12-4-2-11(15)3-5-12/h2-6,8,10,19H,7,9,15H2,1H3,(H,16,20). The number of carbonyl (C=O) groups excluding carboxylic acids is 1. The quantitative estimate of drug-likeness (QED) is 0.708. The Kier molecular flexibility index (Phi) is 4.37. The van der Waals surface area contributed by atoms with Crippen LogP contribution in [0.4, 0.5) is 5.69 Å². The monoisotopic (exact) mass is 274 g/mol. The van der Waals surface area contributed by atoms with Crippen molar-refractivity contribution in [1.29, 1.82) is 0 Å². The number of nitrogens with two attached hydrogens (primary N) is 1. The highest BCUT2D eigenvalue weighted by Crippen LogP contribution is 2.10. The lowest BCUT2D eigenvalue weighted by Crippen LogP contribution is -2.33. The summed E-state index contributed by atoms with van der Waals surface area (Å²) in [5.41, 5.74) is 7.48. The fourth-order valence-electron chi connectivity index (χ4n) is 1.78. The van der Waals surface area contributed by atoms with E-state index in [2.05, 4.69) is 10.4 Å². The van der Waals surface area contributed by atoms with E-state index >= 15 is 0 Å². The summed E-state index contributed by atoms with van der Waals surface area (Å²) in [4.78, 5) is 11.9. The molecule has 0 saturated heterocycles. The molecule has 1 amide bonds. The van der Waals surface area contributed by atoms with E-state index in [1.165, 1.54) is 0 Å². The number of amides is 1. The van der Waals surface area contributed by atoms with Crippen molar-refractivity contribution >= 4 is 11.6 Å². The molecule has 1 aromatic carbocycles. The number of nitrogens with zero attached hydrogens (tertiary/aromatic N) is 2. The van der Waals surface area contributed by atoms with E-state index in [9.17, 15) is 4.79 Å². The zero-order chi connectivity index (χ0) is 14.5. The number of benzene rings is 1. The number of nitrogen functional groups attached to an aromatic ring is 1. The van der Waals surface area contributed by atoms with Gasteiger partial charge in [0.1, 0.15) is 0 Å². The minimum atomic E-state index is -0.250. The molecule has 20 heavy (non-hydrogen) atoms. The van der Waals surface area contributed by atoms with Crippen LogP contribution in [0.2, 0.25) is 0 Å². The zero-order valence-corrected chi connectivity index (χ0v) is 11.3. The highest BCUT2D eigenvalue weighted by atomic mass is 16.3. The number of anilines is 1. The average molecular weight is 274 g/mol. The molecule has 1 unspecified atom stereocenters. The molecule has 0 bridgehead atoms. The van der Waals surface area contributed by atoms with Crippen LogP contribution in [0.5, 0.6) is 0 Å². The summed E-state index contributed by atoms with van der Waals surface area (Å²) in [6.07, 6.45) is 2.24. The van der Waals surface area contributed by atoms with Gasteiger partial charge in [-0.25, -0.2) is 4.68 Å². The van der Waals surface area contributed by atoms with Crippen molar-refractivity contribution in [3.63, 3.8) is 0 Å². The molecule has 1 aromatic heterocycles. The number of hydrogen-bond donors (Lipinski definition) is 3. The van der Waals surface area contributed by atoms with Crippen LogP contribution >= 0.6 is 0 Å². The van der Waals surface area contributed by atoms with Crippen molar-refractivity contribution in [3.05, 3.63) is 42.2 Å². The van der Waals surface area contributed by atoms with E-state index < -0.39 is 0 Å². The third kappa shape index (κ3) is 3.36. The number of carbonyl (C=O) groups is 1. The van der Waals surface area contributed by atoms with Crippen LogP contribution in [0.3, 0.4) is 0 Å². The molecular formula is C14H18N4O2. The third-order valence-corrected chi connectivity index (χ3v) is 2.92. The van der Waals surface area contributed by atoms with Gasteiger partial charge in [0.15, 0.2) is 5.69 Å². The molecule has 6 heteroatoms. The topological polar surface area (TPSA) is 93.2 Å². The molecule has 0 spiro atoms. The Morgan fingerprint density at radius 2 is 2.10 bits per heavy atom. The van der Waals surface area contributed by atoms with Gasteiger partial charge in [0.25, 0.3) is 5.91 Å². The molecule has 0 aliphatic rings. The van der Waals surface area contributed by atoms with E-state index in [-0.39, 0.29) is 18.6 Å². The first-order valence-electron chi connectivity index (χ1n) is 6.43. The second kappa shape index (κ2) is 6.21. The van der Waals surface area contributed by atoms with Crippen LogP contribution in [0, 0.1) is 0 Å². The van der Waals surface area contributed by atoms with Crippen molar-refractivity contribution in [2.24, 2.45) is 0 Å². The summed E-state index contributed by atoms with van der Waals surface area (Å²) in [7, 11) is 0. The Labute approximate surface area is 117 Å². The van der Waals surface area contributed by atoms with Crippen LogP contribution in [0.15, 0.2) is 36.5 Å². The zero-order valence-electron chi connectivity index (χ0n) is 11.3. The van der Waals surface area contributed by atoms with Crippen LogP contribution < -0.4 is 11.1 Å². The summed E-state index contributed by atoms with van der Waals surface area (Å²) in [6, 6.07) is 8.78. The first-order chi connectivity index (χ1) is 9.60. The van der Waals surface area contributed by atoms with E-state index in [0.717, 1.165) is 5.69 Å². The van der Waals surface area contributed by atoms with Gasteiger partial charge in [0.05, 0.1) is 5.69 Å². The van der Waals surface area contributed by atoms with E-state index in [0.29, 0.717) is 17.8 Å². The lowest BCUT2D eigenvalue weighted by molar-refractivity contribution is 0.0929. The van der Waals surface area contributed by atoms with Gasteiger partial charge < -0.3 is 16.2 Å². The fraction of sp³-hybridized carbons (Fsp3) is 0.286. The van der Waals surface area contributed by atoms with Crippen molar-refractivity contribution in [1.82, 2.24) is 15.1 Å². The molecule has 0 radical (unpaired) electrons. The molecule has 0 aliphatic carbocycles. The Morgan fingerprint density at radius 1 is 1.40 bits per heavy atom. The summed E-state index contributed by atoms with van der Waals surface area (Å²) >= 11 is 0. The average Bonchev–Trinajstić information content (AvgIpc) is 2.89. The van der Waals surface area contributed by atoms with Crippen LogP contribution in [0.25, 0.3) is 5.69 Å². The van der Waals surface area contributed by atoms with E-state index in [4.69, 9.17) is 10.8 Å². The van der Waals surface area contributed by atoms with Gasteiger partial charge in [0, 0.05) is 24.5 Å². The van der Waals surface area contributed by atoms with Gasteiger partial charge in [0.2, 0.25) is 0 Å². The summed E-state index contributed by atoms with van der Waals surface area (Å²) < 4.78 is 1.62. The molecule has 0 aliphatic heterocycles. The lowest BCUT2D eigenvalue weighted by atomic mass is 10.2. The molecule has 2 aromatic rings. The largest absolute Gasteiger partial charge is 0.399 e. The van der Waals surface area contributed by atoms with Crippen LogP contribution in [-0.2, 0) is 0 Å². The van der Waals surface area contributed by atoms with Crippen LogP contribution in [-0.4, -0.2) is 33.4 Å². The minimum Gasteiger partial charge on any atom is -0.399 e. The van der Waals surface area contributed by atoms with E-state index in [1.807, 2.05) is 19.1 Å². The van der Waals surface area contributed by atoms with Crippen molar-refractivity contribution < 1.29 is 9.90 Å². The number of aromatic nitrogens is 2. The smallest absolute Gasteiger partial charge is 0.271 e. The number of nitrogens with one attached hydrogen (secondary N) is 1. The van der Waals surface area contributed by atoms with Crippen molar-refractivity contribution in [3.8, 4) is 5.69 Å². The third-order valence-electron chi connectivity index (χ3n) is 2.92. The van der Waals surface area contributed by atoms with E-state index in [1.54, 1.807) is 29.1 Å². The van der Waals surface area contributed by atoms with Gasteiger partial charge in [-0.2, -0.15) is 5.10 Å². The molecule has 1 atom stereocenters. The minimum absolute atomic E-state index is 0.0430. The van der Waals surface area contributed by atoms with Gasteiger partial charge in [-0.1, -0.05) is 0 Å². The first-order valence-corrected chi connectivity index (χ1v) is 6.43. The Morgan fingerprint density at radius 3 is 2.75 bits per heavy atom. The summed E-state index contributed by atoms with van der Waals surface area (Å²) in [6.45, 7) is 1.88. The van der Waals surface area contributed by atoms with Gasteiger partial charge in [-0.3, -0.25) is 4.79 Å². The SMILES string of the molecule is CC(CCO)NC(=O)c1ccn(-c2ccc(N)cc2)n1. The number of rotatable bonds is 5. The molecular weight excluding hydrogens is 256 g/mol. The number of aliphatic hydroxyl groups excluding tert-OH is 1. The second-order valence-electron chi connectivity index (χ2n) is 4.62. The Balaban J connectivity index is 2.08. The normalized spacial score (nSPS) is 12.1. The molecule has 0 fully saturated rings. The fourth-order valence-corrected chi connectivity index (χ4v) is 1.78. The molecule has 0 saturated carbocycles. The highest BCUT2D eigenvalue weighted by molar-refractivity contribution is 5.92. The molecule has 6 nitrogen and oxygen atoms in total.